The Morgan fingerprint density at radius 3 is 2.30 bits per heavy atom. The number of nitrogens with two attached hydrogens (primary N) is 1. The lowest BCUT2D eigenvalue weighted by atomic mass is 9.96. The van der Waals surface area contributed by atoms with Crippen LogP contribution in [0.15, 0.2) is 30.3 Å². The summed E-state index contributed by atoms with van der Waals surface area (Å²) in [5.74, 6) is 1.95. The van der Waals surface area contributed by atoms with Crippen LogP contribution >= 0.6 is 0 Å². The number of benzene rings is 1. The highest BCUT2D eigenvalue weighted by Gasteiger charge is 2.18. The van der Waals surface area contributed by atoms with Gasteiger partial charge in [-0.05, 0) is 24.1 Å². The Balaban J connectivity index is 2.26. The molecule has 0 spiro atoms. The molecule has 0 bridgehead atoms. The number of aryl methyl sites for hydroxylation is 1. The van der Waals surface area contributed by atoms with E-state index in [2.05, 4.69) is 55.1 Å². The molecule has 20 heavy (non-hydrogen) atoms. The first-order chi connectivity index (χ1) is 9.38. The molecule has 0 saturated carbocycles. The Bertz CT molecular complexity index is 582. The molecule has 1 aromatic heterocycles. The van der Waals surface area contributed by atoms with Gasteiger partial charge in [0.15, 0.2) is 0 Å². The van der Waals surface area contributed by atoms with E-state index in [0.29, 0.717) is 5.82 Å². The van der Waals surface area contributed by atoms with Crippen molar-refractivity contribution in [3.05, 3.63) is 41.7 Å². The lowest BCUT2D eigenvalue weighted by Crippen LogP contribution is -2.17. The van der Waals surface area contributed by atoms with Gasteiger partial charge in [-0.15, -0.1) is 0 Å². The normalized spacial score (nSPS) is 11.4. The van der Waals surface area contributed by atoms with Crippen LogP contribution in [-0.4, -0.2) is 9.97 Å². The fraction of sp³-hybridized carbons (Fsp3) is 0.375. The van der Waals surface area contributed by atoms with Crippen molar-refractivity contribution in [2.75, 3.05) is 11.1 Å². The minimum atomic E-state index is -0.127. The summed E-state index contributed by atoms with van der Waals surface area (Å²) < 4.78 is 0. The average molecular weight is 270 g/mol. The highest BCUT2D eigenvalue weighted by molar-refractivity contribution is 5.59. The molecule has 0 aliphatic heterocycles. The minimum Gasteiger partial charge on any atom is -0.384 e. The van der Waals surface area contributed by atoms with E-state index >= 15 is 0 Å². The molecule has 0 saturated heterocycles. The number of rotatable bonds is 3. The SMILES string of the molecule is CCc1ccc(Nc2cc(N)nc(C(C)(C)C)n2)cc1. The molecule has 0 radical (unpaired) electrons. The summed E-state index contributed by atoms with van der Waals surface area (Å²) in [6.07, 6.45) is 1.04. The molecule has 4 heteroatoms. The van der Waals surface area contributed by atoms with Gasteiger partial charge in [-0.3, -0.25) is 0 Å². The molecule has 106 valence electrons. The highest BCUT2D eigenvalue weighted by Crippen LogP contribution is 2.23. The third kappa shape index (κ3) is 3.47. The fourth-order valence-electron chi connectivity index (χ4n) is 1.84. The minimum absolute atomic E-state index is 0.127. The van der Waals surface area contributed by atoms with E-state index < -0.39 is 0 Å². The van der Waals surface area contributed by atoms with Gasteiger partial charge in [0, 0.05) is 17.2 Å². The Hall–Kier alpha value is -2.10. The van der Waals surface area contributed by atoms with Crippen LogP contribution in [0.25, 0.3) is 0 Å². The van der Waals surface area contributed by atoms with E-state index in [1.165, 1.54) is 5.56 Å². The first-order valence-corrected chi connectivity index (χ1v) is 6.89. The Morgan fingerprint density at radius 2 is 1.75 bits per heavy atom. The molecule has 1 aromatic carbocycles. The van der Waals surface area contributed by atoms with Gasteiger partial charge in [0.2, 0.25) is 0 Å². The van der Waals surface area contributed by atoms with E-state index in [-0.39, 0.29) is 5.41 Å². The van der Waals surface area contributed by atoms with Crippen LogP contribution in [0.1, 0.15) is 39.1 Å². The number of nitrogens with zero attached hydrogens (tertiary/aromatic N) is 2. The molecule has 0 unspecified atom stereocenters. The van der Waals surface area contributed by atoms with E-state index in [1.54, 1.807) is 6.07 Å². The van der Waals surface area contributed by atoms with Gasteiger partial charge in [0.25, 0.3) is 0 Å². The summed E-state index contributed by atoms with van der Waals surface area (Å²) in [6, 6.07) is 10.1. The largest absolute Gasteiger partial charge is 0.384 e. The summed E-state index contributed by atoms with van der Waals surface area (Å²) in [5.41, 5.74) is 8.05. The second kappa shape index (κ2) is 5.49. The van der Waals surface area contributed by atoms with E-state index in [0.717, 1.165) is 23.8 Å². The second-order valence-electron chi connectivity index (χ2n) is 5.93. The molecule has 0 atom stereocenters. The van der Waals surface area contributed by atoms with Gasteiger partial charge >= 0.3 is 0 Å². The number of nitrogen functional groups attached to an aromatic ring is 1. The van der Waals surface area contributed by atoms with Crippen LogP contribution in [0, 0.1) is 0 Å². The third-order valence-corrected chi connectivity index (χ3v) is 3.05. The first kappa shape index (κ1) is 14.3. The lowest BCUT2D eigenvalue weighted by molar-refractivity contribution is 0.547. The molecule has 4 nitrogen and oxygen atoms in total. The average Bonchev–Trinajstić information content (AvgIpc) is 2.38. The lowest BCUT2D eigenvalue weighted by Gasteiger charge is -2.18. The molecule has 1 heterocycles. The predicted molar refractivity (Wildman–Crippen MR) is 84.2 cm³/mol. The molecule has 3 N–H and O–H groups in total. The predicted octanol–water partition coefficient (Wildman–Crippen LogP) is 3.66. The Kier molecular flexibility index (Phi) is 3.93. The smallest absolute Gasteiger partial charge is 0.138 e. The Labute approximate surface area is 120 Å². The van der Waals surface area contributed by atoms with Crippen LogP contribution < -0.4 is 11.1 Å². The van der Waals surface area contributed by atoms with Crippen LogP contribution in [-0.2, 0) is 11.8 Å². The van der Waals surface area contributed by atoms with Crippen molar-refractivity contribution < 1.29 is 0 Å². The molecule has 2 rings (SSSR count). The standard InChI is InChI=1S/C16H22N4/c1-5-11-6-8-12(9-7-11)18-14-10-13(17)19-15(20-14)16(2,3)4/h6-10H,5H2,1-4H3,(H3,17,18,19,20). The fourth-order valence-corrected chi connectivity index (χ4v) is 1.84. The quantitative estimate of drug-likeness (QED) is 0.893. The molecular formula is C16H22N4. The van der Waals surface area contributed by atoms with Crippen LogP contribution in [0.3, 0.4) is 0 Å². The maximum Gasteiger partial charge on any atom is 0.138 e. The van der Waals surface area contributed by atoms with Crippen LogP contribution in [0.4, 0.5) is 17.3 Å². The van der Waals surface area contributed by atoms with Crippen molar-refractivity contribution in [2.45, 2.75) is 39.5 Å². The third-order valence-electron chi connectivity index (χ3n) is 3.05. The molecule has 0 aliphatic rings. The van der Waals surface area contributed by atoms with Crippen molar-refractivity contribution in [2.24, 2.45) is 0 Å². The molecule has 2 aromatic rings. The summed E-state index contributed by atoms with van der Waals surface area (Å²) in [7, 11) is 0. The van der Waals surface area contributed by atoms with Crippen molar-refractivity contribution in [1.29, 1.82) is 0 Å². The van der Waals surface area contributed by atoms with Gasteiger partial charge in [0.1, 0.15) is 17.5 Å². The maximum atomic E-state index is 5.86. The van der Waals surface area contributed by atoms with Gasteiger partial charge in [-0.2, -0.15) is 0 Å². The number of hydrogen-bond acceptors (Lipinski definition) is 4. The van der Waals surface area contributed by atoms with Gasteiger partial charge < -0.3 is 11.1 Å². The van der Waals surface area contributed by atoms with Crippen molar-refractivity contribution in [1.82, 2.24) is 9.97 Å². The topological polar surface area (TPSA) is 63.8 Å². The summed E-state index contributed by atoms with van der Waals surface area (Å²) in [6.45, 7) is 8.36. The number of hydrogen-bond donors (Lipinski definition) is 2. The van der Waals surface area contributed by atoms with E-state index in [1.807, 2.05) is 12.1 Å². The Morgan fingerprint density at radius 1 is 1.10 bits per heavy atom. The number of anilines is 3. The molecule has 0 aliphatic carbocycles. The van der Waals surface area contributed by atoms with Crippen LogP contribution in [0.2, 0.25) is 0 Å². The van der Waals surface area contributed by atoms with Gasteiger partial charge in [-0.25, -0.2) is 9.97 Å². The maximum absolute atomic E-state index is 5.86. The second-order valence-corrected chi connectivity index (χ2v) is 5.93. The van der Waals surface area contributed by atoms with Gasteiger partial charge in [-0.1, -0.05) is 39.8 Å². The monoisotopic (exact) mass is 270 g/mol. The van der Waals surface area contributed by atoms with Gasteiger partial charge in [0.05, 0.1) is 0 Å². The van der Waals surface area contributed by atoms with Crippen molar-refractivity contribution >= 4 is 17.3 Å². The molecule has 0 amide bonds. The highest BCUT2D eigenvalue weighted by atomic mass is 15.1. The zero-order chi connectivity index (χ0) is 14.8. The zero-order valence-electron chi connectivity index (χ0n) is 12.6. The summed E-state index contributed by atoms with van der Waals surface area (Å²) in [5, 5.41) is 3.28. The van der Waals surface area contributed by atoms with Crippen molar-refractivity contribution in [3.63, 3.8) is 0 Å². The summed E-state index contributed by atoms with van der Waals surface area (Å²) in [4.78, 5) is 8.84. The molecule has 0 fully saturated rings. The van der Waals surface area contributed by atoms with E-state index in [9.17, 15) is 0 Å². The molecular weight excluding hydrogens is 248 g/mol. The van der Waals surface area contributed by atoms with Crippen LogP contribution in [0.5, 0.6) is 0 Å². The van der Waals surface area contributed by atoms with E-state index in [4.69, 9.17) is 5.73 Å². The number of aromatic nitrogens is 2. The number of nitrogens with one attached hydrogen (secondary N) is 1. The van der Waals surface area contributed by atoms with Crippen molar-refractivity contribution in [3.8, 4) is 0 Å². The first-order valence-electron chi connectivity index (χ1n) is 6.89. The zero-order valence-corrected chi connectivity index (χ0v) is 12.6. The summed E-state index contributed by atoms with van der Waals surface area (Å²) >= 11 is 0.